The van der Waals surface area contributed by atoms with Crippen molar-refractivity contribution >= 4 is 71.5 Å². The number of sulfonamides is 1. The number of hydrogen-bond donors (Lipinski definition) is 1. The number of aromatic nitrogens is 2. The summed E-state index contributed by atoms with van der Waals surface area (Å²) in [6, 6.07) is 21.3. The molecule has 0 unspecified atom stereocenters. The number of nitrogens with zero attached hydrogens (tertiary/aromatic N) is 3. The topological polar surface area (TPSA) is 92.3 Å². The van der Waals surface area contributed by atoms with Crippen molar-refractivity contribution in [2.75, 3.05) is 9.62 Å². The number of rotatable bonds is 7. The number of benzene rings is 3. The number of carbonyl (C=O) groups is 1. The van der Waals surface area contributed by atoms with Crippen molar-refractivity contribution < 1.29 is 13.2 Å². The number of nitrogens with one attached hydrogen (secondary N) is 1. The van der Waals surface area contributed by atoms with Gasteiger partial charge in [-0.15, -0.1) is 0 Å². The molecule has 1 N–H and O–H groups in total. The minimum absolute atomic E-state index is 0.0785. The van der Waals surface area contributed by atoms with Crippen LogP contribution in [0.25, 0.3) is 10.2 Å². The Kier molecular flexibility index (Phi) is 7.36. The summed E-state index contributed by atoms with van der Waals surface area (Å²) in [7, 11) is -3.82. The van der Waals surface area contributed by atoms with Gasteiger partial charge in [0.1, 0.15) is 0 Å². The molecule has 0 saturated heterocycles. The molecule has 11 heteroatoms. The number of fused-ring (bicyclic) bond motifs is 1. The second-order valence-electron chi connectivity index (χ2n) is 8.42. The predicted octanol–water partition coefficient (Wildman–Crippen LogP) is 6.95. The van der Waals surface area contributed by atoms with Crippen LogP contribution in [0, 0.1) is 6.92 Å². The number of thiazole rings is 1. The zero-order valence-electron chi connectivity index (χ0n) is 19.9. The molecule has 0 bridgehead atoms. The fraction of sp³-hybridized carbons (Fsp3) is 0.0741. The van der Waals surface area contributed by atoms with E-state index >= 15 is 0 Å². The molecule has 5 rings (SSSR count). The molecule has 0 aliphatic heterocycles. The molecule has 3 aromatic carbocycles. The molecule has 5 aromatic rings. The lowest BCUT2D eigenvalue weighted by atomic mass is 10.2. The molecule has 0 saturated carbocycles. The first-order valence-corrected chi connectivity index (χ1v) is 14.4. The van der Waals surface area contributed by atoms with Crippen molar-refractivity contribution in [3.05, 3.63) is 112 Å². The molecule has 0 radical (unpaired) electrons. The number of carbonyl (C=O) groups excluding carboxylic acids is 1. The van der Waals surface area contributed by atoms with Crippen LogP contribution in [-0.2, 0) is 16.6 Å². The Labute approximate surface area is 233 Å². The lowest BCUT2D eigenvalue weighted by Crippen LogP contribution is -2.30. The summed E-state index contributed by atoms with van der Waals surface area (Å²) in [5.74, 6) is -0.300. The van der Waals surface area contributed by atoms with E-state index in [0.29, 0.717) is 32.1 Å². The third-order valence-electron chi connectivity index (χ3n) is 5.67. The molecule has 7 nitrogen and oxygen atoms in total. The summed E-state index contributed by atoms with van der Waals surface area (Å²) in [6.07, 6.45) is 1.67. The van der Waals surface area contributed by atoms with Crippen LogP contribution in [0.2, 0.25) is 10.0 Å². The highest BCUT2D eigenvalue weighted by Gasteiger charge is 2.23. The van der Waals surface area contributed by atoms with E-state index < -0.39 is 10.0 Å². The first kappa shape index (κ1) is 26.1. The van der Waals surface area contributed by atoms with Crippen LogP contribution in [0.5, 0.6) is 0 Å². The third-order valence-corrected chi connectivity index (χ3v) is 8.56. The Morgan fingerprint density at radius 2 is 1.71 bits per heavy atom. The van der Waals surface area contributed by atoms with E-state index in [-0.39, 0.29) is 17.3 Å². The summed E-state index contributed by atoms with van der Waals surface area (Å²) in [6.45, 7) is 2.13. The fourth-order valence-corrected chi connectivity index (χ4v) is 6.41. The SMILES string of the molecule is Cc1cc(Cl)cc2sc(N(Cc3ccccn3)C(=O)c3ccc(NS(=O)(=O)c4ccc(Cl)cc4)cc3)nc12. The van der Waals surface area contributed by atoms with E-state index in [0.717, 1.165) is 15.8 Å². The zero-order chi connectivity index (χ0) is 26.9. The van der Waals surface area contributed by atoms with Crippen molar-refractivity contribution in [3.63, 3.8) is 0 Å². The maximum Gasteiger partial charge on any atom is 0.261 e. The van der Waals surface area contributed by atoms with Crippen LogP contribution in [0.15, 0.2) is 90.0 Å². The molecule has 2 aromatic heterocycles. The van der Waals surface area contributed by atoms with Crippen LogP contribution >= 0.6 is 34.5 Å². The first-order chi connectivity index (χ1) is 18.2. The van der Waals surface area contributed by atoms with Gasteiger partial charge in [-0.3, -0.25) is 19.4 Å². The fourth-order valence-electron chi connectivity index (χ4n) is 3.80. The Balaban J connectivity index is 1.44. The van der Waals surface area contributed by atoms with Crippen molar-refractivity contribution in [1.29, 1.82) is 0 Å². The molecule has 0 aliphatic rings. The Morgan fingerprint density at radius 3 is 2.39 bits per heavy atom. The summed E-state index contributed by atoms with van der Waals surface area (Å²) in [5.41, 5.74) is 3.07. The van der Waals surface area contributed by atoms with Gasteiger partial charge < -0.3 is 0 Å². The second kappa shape index (κ2) is 10.7. The molecule has 38 heavy (non-hydrogen) atoms. The highest BCUT2D eigenvalue weighted by molar-refractivity contribution is 7.92. The van der Waals surface area contributed by atoms with Gasteiger partial charge in [0.15, 0.2) is 5.13 Å². The van der Waals surface area contributed by atoms with Gasteiger partial charge in [0.2, 0.25) is 0 Å². The third kappa shape index (κ3) is 5.66. The van der Waals surface area contributed by atoms with Crippen molar-refractivity contribution in [2.24, 2.45) is 0 Å². The number of amides is 1. The molecule has 0 fully saturated rings. The highest BCUT2D eigenvalue weighted by Crippen LogP contribution is 2.34. The van der Waals surface area contributed by atoms with E-state index in [1.165, 1.54) is 35.6 Å². The molecular weight excluding hydrogens is 563 g/mol. The average molecular weight is 584 g/mol. The summed E-state index contributed by atoms with van der Waals surface area (Å²) >= 11 is 13.5. The van der Waals surface area contributed by atoms with Crippen LogP contribution in [0.4, 0.5) is 10.8 Å². The molecule has 0 atom stereocenters. The average Bonchev–Trinajstić information content (AvgIpc) is 3.32. The van der Waals surface area contributed by atoms with Gasteiger partial charge in [-0.1, -0.05) is 40.6 Å². The van der Waals surface area contributed by atoms with E-state index in [2.05, 4.69) is 9.71 Å². The summed E-state index contributed by atoms with van der Waals surface area (Å²) < 4.78 is 28.8. The Hall–Kier alpha value is -3.50. The minimum Gasteiger partial charge on any atom is -0.280 e. The lowest BCUT2D eigenvalue weighted by molar-refractivity contribution is 0.0985. The normalized spacial score (nSPS) is 11.4. The van der Waals surface area contributed by atoms with Crippen LogP contribution in [0.1, 0.15) is 21.6 Å². The van der Waals surface area contributed by atoms with Crippen LogP contribution in [0.3, 0.4) is 0 Å². The molecule has 0 spiro atoms. The molecule has 1 amide bonds. The van der Waals surface area contributed by atoms with Gasteiger partial charge in [0.25, 0.3) is 15.9 Å². The quantitative estimate of drug-likeness (QED) is 0.224. The molecule has 192 valence electrons. The smallest absolute Gasteiger partial charge is 0.261 e. The van der Waals surface area contributed by atoms with E-state index in [1.54, 1.807) is 35.4 Å². The van der Waals surface area contributed by atoms with Gasteiger partial charge in [0, 0.05) is 27.5 Å². The number of halogens is 2. The van der Waals surface area contributed by atoms with Gasteiger partial charge in [0.05, 0.1) is 27.4 Å². The number of aryl methyl sites for hydroxylation is 1. The number of hydrogen-bond acceptors (Lipinski definition) is 6. The first-order valence-electron chi connectivity index (χ1n) is 11.4. The van der Waals surface area contributed by atoms with E-state index in [4.69, 9.17) is 28.2 Å². The van der Waals surface area contributed by atoms with Crippen molar-refractivity contribution in [3.8, 4) is 0 Å². The molecule has 0 aliphatic carbocycles. The van der Waals surface area contributed by atoms with Crippen LogP contribution < -0.4 is 9.62 Å². The van der Waals surface area contributed by atoms with Gasteiger partial charge in [-0.25, -0.2) is 13.4 Å². The standard InChI is InChI=1S/C27H20Cl2N4O3S2/c1-17-14-20(29)15-24-25(17)31-27(37-24)33(16-22-4-2-3-13-30-22)26(34)18-5-9-21(10-6-18)32-38(35,36)23-11-7-19(28)8-12-23/h2-15,32H,16H2,1H3. The predicted molar refractivity (Wildman–Crippen MR) is 153 cm³/mol. The number of anilines is 2. The summed E-state index contributed by atoms with van der Waals surface area (Å²) in [5, 5.41) is 1.55. The number of pyridine rings is 1. The van der Waals surface area contributed by atoms with Gasteiger partial charge >= 0.3 is 0 Å². The van der Waals surface area contributed by atoms with E-state index in [1.807, 2.05) is 37.3 Å². The maximum absolute atomic E-state index is 13.7. The Morgan fingerprint density at radius 1 is 0.974 bits per heavy atom. The van der Waals surface area contributed by atoms with E-state index in [9.17, 15) is 13.2 Å². The highest BCUT2D eigenvalue weighted by atomic mass is 35.5. The van der Waals surface area contributed by atoms with Crippen LogP contribution in [-0.4, -0.2) is 24.3 Å². The van der Waals surface area contributed by atoms with Gasteiger partial charge in [-0.2, -0.15) is 0 Å². The van der Waals surface area contributed by atoms with Crippen molar-refractivity contribution in [2.45, 2.75) is 18.4 Å². The second-order valence-corrected chi connectivity index (χ2v) is 12.0. The maximum atomic E-state index is 13.7. The molecular formula is C27H20Cl2N4O3S2. The minimum atomic E-state index is -3.82. The van der Waals surface area contributed by atoms with Gasteiger partial charge in [-0.05, 0) is 85.3 Å². The lowest BCUT2D eigenvalue weighted by Gasteiger charge is -2.20. The molecule has 2 heterocycles. The largest absolute Gasteiger partial charge is 0.280 e. The Bertz CT molecular complexity index is 1720. The zero-order valence-corrected chi connectivity index (χ0v) is 23.1. The summed E-state index contributed by atoms with van der Waals surface area (Å²) in [4.78, 5) is 24.5. The monoisotopic (exact) mass is 582 g/mol. The van der Waals surface area contributed by atoms with Crippen molar-refractivity contribution in [1.82, 2.24) is 9.97 Å².